The normalized spacial score (nSPS) is 10.7. The van der Waals surface area contributed by atoms with E-state index in [9.17, 15) is 26.7 Å². The van der Waals surface area contributed by atoms with Crippen molar-refractivity contribution in [2.24, 2.45) is 0 Å². The number of aromatic nitrogens is 1. The lowest BCUT2D eigenvalue weighted by Gasteiger charge is -2.09. The number of rotatable bonds is 3. The summed E-state index contributed by atoms with van der Waals surface area (Å²) in [5.74, 6) is -12.3. The van der Waals surface area contributed by atoms with Crippen LogP contribution in [0.1, 0.15) is 10.5 Å². The van der Waals surface area contributed by atoms with Crippen LogP contribution in [0.5, 0.6) is 0 Å². The molecule has 2 rings (SSSR count). The summed E-state index contributed by atoms with van der Waals surface area (Å²) in [6.07, 6.45) is 0. The molecule has 10 heteroatoms. The largest absolute Gasteiger partial charge is 0.476 e. The first-order valence-electron chi connectivity index (χ1n) is 4.79. The molecule has 0 fully saturated rings. The van der Waals surface area contributed by atoms with Gasteiger partial charge in [0, 0.05) is 0 Å². The van der Waals surface area contributed by atoms with Gasteiger partial charge >= 0.3 is 5.97 Å². The third-order valence-corrected chi connectivity index (χ3v) is 2.96. The second kappa shape index (κ2) is 5.04. The second-order valence-electron chi connectivity index (χ2n) is 3.41. The SMILES string of the molecule is O=C(O)c1ncsc1Nc1c(F)c(F)c(F)c(F)c1F. The molecule has 20 heavy (non-hydrogen) atoms. The highest BCUT2D eigenvalue weighted by atomic mass is 32.1. The van der Waals surface area contributed by atoms with Gasteiger partial charge in [0.25, 0.3) is 0 Å². The summed E-state index contributed by atoms with van der Waals surface area (Å²) in [6.45, 7) is 0. The molecule has 0 aliphatic heterocycles. The van der Waals surface area contributed by atoms with Crippen molar-refractivity contribution in [3.63, 3.8) is 0 Å². The van der Waals surface area contributed by atoms with Crippen molar-refractivity contribution in [3.8, 4) is 0 Å². The van der Waals surface area contributed by atoms with Gasteiger partial charge in [-0.05, 0) is 0 Å². The molecule has 0 amide bonds. The monoisotopic (exact) mass is 310 g/mol. The van der Waals surface area contributed by atoms with Gasteiger partial charge in [0.2, 0.25) is 5.82 Å². The van der Waals surface area contributed by atoms with Gasteiger partial charge < -0.3 is 10.4 Å². The summed E-state index contributed by atoms with van der Waals surface area (Å²) in [7, 11) is 0. The standard InChI is InChI=1S/C10H3F5N2O2S/c11-2-3(12)5(14)7(6(15)4(2)13)17-9-8(10(18)19)16-1-20-9/h1,17H,(H,18,19). The van der Waals surface area contributed by atoms with E-state index in [0.717, 1.165) is 5.51 Å². The molecule has 4 nitrogen and oxygen atoms in total. The number of carboxylic acids is 1. The summed E-state index contributed by atoms with van der Waals surface area (Å²) >= 11 is 0.631. The van der Waals surface area contributed by atoms with Crippen molar-refractivity contribution < 1.29 is 31.9 Å². The van der Waals surface area contributed by atoms with Crippen molar-refractivity contribution in [2.75, 3.05) is 5.32 Å². The lowest BCUT2D eigenvalue weighted by molar-refractivity contribution is 0.0692. The Hall–Kier alpha value is -2.23. The predicted molar refractivity (Wildman–Crippen MR) is 58.6 cm³/mol. The molecule has 0 aliphatic carbocycles. The molecule has 2 aromatic rings. The second-order valence-corrected chi connectivity index (χ2v) is 4.26. The molecule has 1 heterocycles. The smallest absolute Gasteiger partial charge is 0.357 e. The Balaban J connectivity index is 2.55. The van der Waals surface area contributed by atoms with Crippen LogP contribution in [0.4, 0.5) is 32.6 Å². The molecular formula is C10H3F5N2O2S. The van der Waals surface area contributed by atoms with E-state index in [4.69, 9.17) is 5.11 Å². The van der Waals surface area contributed by atoms with E-state index in [1.807, 2.05) is 5.32 Å². The number of nitrogens with zero attached hydrogens (tertiary/aromatic N) is 1. The van der Waals surface area contributed by atoms with Gasteiger partial charge in [0.1, 0.15) is 10.7 Å². The maximum Gasteiger partial charge on any atom is 0.357 e. The van der Waals surface area contributed by atoms with E-state index >= 15 is 0 Å². The maximum absolute atomic E-state index is 13.4. The van der Waals surface area contributed by atoms with Gasteiger partial charge in [-0.25, -0.2) is 31.7 Å². The first-order valence-corrected chi connectivity index (χ1v) is 5.67. The molecule has 1 aromatic heterocycles. The first-order chi connectivity index (χ1) is 9.34. The van der Waals surface area contributed by atoms with Crippen LogP contribution in [0, 0.1) is 29.1 Å². The highest BCUT2D eigenvalue weighted by Gasteiger charge is 2.27. The summed E-state index contributed by atoms with van der Waals surface area (Å²) < 4.78 is 65.5. The van der Waals surface area contributed by atoms with Crippen molar-refractivity contribution in [1.82, 2.24) is 4.98 Å². The minimum absolute atomic E-state index is 0.360. The number of thiazole rings is 1. The zero-order valence-corrected chi connectivity index (χ0v) is 9.99. The van der Waals surface area contributed by atoms with Crippen LogP contribution < -0.4 is 5.32 Å². The molecule has 0 atom stereocenters. The summed E-state index contributed by atoms with van der Waals surface area (Å²) in [4.78, 5) is 14.1. The fourth-order valence-electron chi connectivity index (χ4n) is 1.32. The number of anilines is 2. The molecule has 0 saturated carbocycles. The molecule has 0 bridgehead atoms. The highest BCUT2D eigenvalue weighted by Crippen LogP contribution is 2.32. The van der Waals surface area contributed by atoms with Gasteiger partial charge in [-0.3, -0.25) is 0 Å². The Labute approximate surface area is 111 Å². The maximum atomic E-state index is 13.4. The molecule has 0 unspecified atom stereocenters. The summed E-state index contributed by atoms with van der Waals surface area (Å²) in [5, 5.41) is 10.2. The highest BCUT2D eigenvalue weighted by molar-refractivity contribution is 7.14. The van der Waals surface area contributed by atoms with Crippen LogP contribution in [-0.2, 0) is 0 Å². The Morgan fingerprint density at radius 2 is 1.55 bits per heavy atom. The van der Waals surface area contributed by atoms with Crippen LogP contribution >= 0.6 is 11.3 Å². The fraction of sp³-hybridized carbons (Fsp3) is 0. The summed E-state index contributed by atoms with van der Waals surface area (Å²) in [5.41, 5.74) is -0.898. The Bertz CT molecular complexity index is 674. The molecular weight excluding hydrogens is 307 g/mol. The van der Waals surface area contributed by atoms with Crippen molar-refractivity contribution >= 4 is 28.0 Å². The van der Waals surface area contributed by atoms with Crippen LogP contribution in [0.25, 0.3) is 0 Å². The van der Waals surface area contributed by atoms with Crippen molar-refractivity contribution in [1.29, 1.82) is 0 Å². The van der Waals surface area contributed by atoms with Gasteiger partial charge in [0.05, 0.1) is 5.51 Å². The number of carboxylic acid groups (broad SMARTS) is 1. The number of hydrogen-bond donors (Lipinski definition) is 2. The van der Waals surface area contributed by atoms with Crippen molar-refractivity contribution in [2.45, 2.75) is 0 Å². The zero-order valence-electron chi connectivity index (χ0n) is 9.18. The van der Waals surface area contributed by atoms with Crippen LogP contribution in [0.3, 0.4) is 0 Å². The number of carbonyl (C=O) groups is 1. The Morgan fingerprint density at radius 3 is 2.05 bits per heavy atom. The molecule has 0 spiro atoms. The Morgan fingerprint density at radius 1 is 1.05 bits per heavy atom. The first kappa shape index (κ1) is 14.2. The molecule has 1 aromatic carbocycles. The third kappa shape index (κ3) is 2.18. The van der Waals surface area contributed by atoms with Crippen LogP contribution in [0.2, 0.25) is 0 Å². The molecule has 106 valence electrons. The van der Waals surface area contributed by atoms with Crippen LogP contribution in [-0.4, -0.2) is 16.1 Å². The third-order valence-electron chi connectivity index (χ3n) is 2.22. The lowest BCUT2D eigenvalue weighted by atomic mass is 10.2. The van der Waals surface area contributed by atoms with E-state index < -0.39 is 46.4 Å². The van der Waals surface area contributed by atoms with Crippen molar-refractivity contribution in [3.05, 3.63) is 40.3 Å². The minimum atomic E-state index is -2.30. The van der Waals surface area contributed by atoms with E-state index in [1.54, 1.807) is 0 Å². The number of benzene rings is 1. The van der Waals surface area contributed by atoms with E-state index in [-0.39, 0.29) is 5.00 Å². The molecule has 0 saturated heterocycles. The number of aromatic carboxylic acids is 1. The minimum Gasteiger partial charge on any atom is -0.476 e. The zero-order chi connectivity index (χ0) is 15.0. The van der Waals surface area contributed by atoms with Crippen LogP contribution in [0.15, 0.2) is 5.51 Å². The molecule has 0 aliphatic rings. The van der Waals surface area contributed by atoms with Gasteiger partial charge in [-0.15, -0.1) is 11.3 Å². The lowest BCUT2D eigenvalue weighted by Crippen LogP contribution is -2.08. The molecule has 2 N–H and O–H groups in total. The fourth-order valence-corrected chi connectivity index (χ4v) is 1.99. The van der Waals surface area contributed by atoms with Gasteiger partial charge in [-0.1, -0.05) is 0 Å². The quantitative estimate of drug-likeness (QED) is 0.519. The van der Waals surface area contributed by atoms with Gasteiger partial charge in [0.15, 0.2) is 29.0 Å². The van der Waals surface area contributed by atoms with E-state index in [1.165, 1.54) is 0 Å². The number of hydrogen-bond acceptors (Lipinski definition) is 4. The van der Waals surface area contributed by atoms with Gasteiger partial charge in [-0.2, -0.15) is 0 Å². The van der Waals surface area contributed by atoms with E-state index in [0.29, 0.717) is 11.3 Å². The Kier molecular flexibility index (Phi) is 3.57. The topological polar surface area (TPSA) is 62.2 Å². The number of nitrogens with one attached hydrogen (secondary N) is 1. The molecule has 0 radical (unpaired) electrons. The predicted octanol–water partition coefficient (Wildman–Crippen LogP) is 3.28. The van der Waals surface area contributed by atoms with E-state index in [2.05, 4.69) is 4.98 Å². The average Bonchev–Trinajstić information content (AvgIpc) is 2.87. The average molecular weight is 310 g/mol. The summed E-state index contributed by atoms with van der Waals surface area (Å²) in [6, 6.07) is 0. The number of halogens is 5.